The second-order valence-corrected chi connectivity index (χ2v) is 5.97. The molecular weight excluding hydrogens is 282 g/mol. The molecule has 23 heavy (non-hydrogen) atoms. The van der Waals surface area contributed by atoms with E-state index in [4.69, 9.17) is 4.74 Å². The first-order chi connectivity index (χ1) is 11.4. The minimum Gasteiger partial charge on any atom is -0.494 e. The first-order valence-electron chi connectivity index (χ1n) is 8.85. The molecule has 0 amide bonds. The molecule has 2 aromatic rings. The second kappa shape index (κ2) is 10.8. The molecular formula is C21H29NO. The fourth-order valence-corrected chi connectivity index (χ4v) is 2.53. The van der Waals surface area contributed by atoms with Crippen LogP contribution in [0, 0.1) is 0 Å². The maximum Gasteiger partial charge on any atom is 0.119 e. The molecule has 0 bridgehead atoms. The van der Waals surface area contributed by atoms with E-state index >= 15 is 0 Å². The van der Waals surface area contributed by atoms with Gasteiger partial charge in [0.05, 0.1) is 6.61 Å². The summed E-state index contributed by atoms with van der Waals surface area (Å²) in [5.74, 6) is 0.981. The van der Waals surface area contributed by atoms with Crippen molar-refractivity contribution in [2.24, 2.45) is 0 Å². The average Bonchev–Trinajstić information content (AvgIpc) is 2.61. The van der Waals surface area contributed by atoms with E-state index in [1.54, 1.807) is 0 Å². The fourth-order valence-electron chi connectivity index (χ4n) is 2.53. The monoisotopic (exact) mass is 311 g/mol. The van der Waals surface area contributed by atoms with E-state index in [1.165, 1.54) is 30.4 Å². The zero-order valence-electron chi connectivity index (χ0n) is 14.3. The van der Waals surface area contributed by atoms with Crippen LogP contribution in [-0.2, 0) is 13.0 Å². The smallest absolute Gasteiger partial charge is 0.119 e. The summed E-state index contributed by atoms with van der Waals surface area (Å²) < 4.78 is 5.77. The van der Waals surface area contributed by atoms with Crippen molar-refractivity contribution in [3.05, 3.63) is 65.7 Å². The molecule has 2 heteroatoms. The Morgan fingerprint density at radius 3 is 2.35 bits per heavy atom. The van der Waals surface area contributed by atoms with Gasteiger partial charge >= 0.3 is 0 Å². The molecule has 0 atom stereocenters. The van der Waals surface area contributed by atoms with Gasteiger partial charge in [-0.15, -0.1) is 0 Å². The van der Waals surface area contributed by atoms with Crippen LogP contribution < -0.4 is 10.1 Å². The molecule has 0 aliphatic carbocycles. The summed E-state index contributed by atoms with van der Waals surface area (Å²) >= 11 is 0. The SMILES string of the molecule is CCCCCCOc1ccc(CNCCc2ccccc2)cc1. The van der Waals surface area contributed by atoms with Gasteiger partial charge in [0.2, 0.25) is 0 Å². The molecule has 124 valence electrons. The average molecular weight is 311 g/mol. The van der Waals surface area contributed by atoms with Gasteiger partial charge in [0.1, 0.15) is 5.75 Å². The van der Waals surface area contributed by atoms with Crippen molar-refractivity contribution in [1.82, 2.24) is 5.32 Å². The van der Waals surface area contributed by atoms with E-state index in [0.29, 0.717) is 0 Å². The standard InChI is InChI=1S/C21H29NO/c1-2-3-4-8-17-23-21-13-11-20(12-14-21)18-22-16-15-19-9-6-5-7-10-19/h5-7,9-14,22H,2-4,8,15-18H2,1H3. The third-order valence-electron chi connectivity index (χ3n) is 3.95. The Kier molecular flexibility index (Phi) is 8.28. The van der Waals surface area contributed by atoms with Crippen molar-refractivity contribution in [3.63, 3.8) is 0 Å². The minimum absolute atomic E-state index is 0.828. The van der Waals surface area contributed by atoms with Crippen molar-refractivity contribution >= 4 is 0 Å². The maximum absolute atomic E-state index is 5.77. The summed E-state index contributed by atoms with van der Waals surface area (Å²) in [5, 5.41) is 3.50. The van der Waals surface area contributed by atoms with Crippen LogP contribution in [0.5, 0.6) is 5.75 Å². The number of benzene rings is 2. The highest BCUT2D eigenvalue weighted by Crippen LogP contribution is 2.13. The van der Waals surface area contributed by atoms with Gasteiger partial charge in [0.15, 0.2) is 0 Å². The van der Waals surface area contributed by atoms with Crippen molar-refractivity contribution in [2.45, 2.75) is 45.6 Å². The van der Waals surface area contributed by atoms with Crippen LogP contribution in [0.1, 0.15) is 43.7 Å². The molecule has 0 fully saturated rings. The third-order valence-corrected chi connectivity index (χ3v) is 3.95. The van der Waals surface area contributed by atoms with E-state index in [-0.39, 0.29) is 0 Å². The van der Waals surface area contributed by atoms with E-state index in [2.05, 4.69) is 66.8 Å². The van der Waals surface area contributed by atoms with Gasteiger partial charge < -0.3 is 10.1 Å². The Morgan fingerprint density at radius 1 is 0.826 bits per heavy atom. The topological polar surface area (TPSA) is 21.3 Å². The van der Waals surface area contributed by atoms with Gasteiger partial charge in [0.25, 0.3) is 0 Å². The third kappa shape index (κ3) is 7.34. The summed E-state index contributed by atoms with van der Waals surface area (Å²) in [4.78, 5) is 0. The number of hydrogen-bond acceptors (Lipinski definition) is 2. The Hall–Kier alpha value is -1.80. The molecule has 0 heterocycles. The molecule has 2 nitrogen and oxygen atoms in total. The number of rotatable bonds is 11. The largest absolute Gasteiger partial charge is 0.494 e. The Morgan fingerprint density at radius 2 is 1.61 bits per heavy atom. The van der Waals surface area contributed by atoms with Crippen LogP contribution >= 0.6 is 0 Å². The number of nitrogens with one attached hydrogen (secondary N) is 1. The van der Waals surface area contributed by atoms with Gasteiger partial charge in [-0.3, -0.25) is 0 Å². The molecule has 0 spiro atoms. The van der Waals surface area contributed by atoms with Gasteiger partial charge in [-0.1, -0.05) is 68.7 Å². The Bertz CT molecular complexity index is 521. The molecule has 2 rings (SSSR count). The quantitative estimate of drug-likeness (QED) is 0.591. The summed E-state index contributed by atoms with van der Waals surface area (Å²) in [7, 11) is 0. The minimum atomic E-state index is 0.828. The lowest BCUT2D eigenvalue weighted by molar-refractivity contribution is 0.305. The molecule has 1 N–H and O–H groups in total. The lowest BCUT2D eigenvalue weighted by Crippen LogP contribution is -2.16. The molecule has 0 aliphatic rings. The first kappa shape index (κ1) is 17.6. The van der Waals surface area contributed by atoms with E-state index in [0.717, 1.165) is 38.3 Å². The van der Waals surface area contributed by atoms with Gasteiger partial charge in [-0.2, -0.15) is 0 Å². The molecule has 0 aromatic heterocycles. The predicted molar refractivity (Wildman–Crippen MR) is 97.9 cm³/mol. The normalized spacial score (nSPS) is 10.7. The molecule has 0 unspecified atom stereocenters. The van der Waals surface area contributed by atoms with Gasteiger partial charge in [0, 0.05) is 6.54 Å². The van der Waals surface area contributed by atoms with Gasteiger partial charge in [-0.05, 0) is 42.6 Å². The zero-order valence-corrected chi connectivity index (χ0v) is 14.3. The van der Waals surface area contributed by atoms with Crippen LogP contribution in [0.3, 0.4) is 0 Å². The van der Waals surface area contributed by atoms with Crippen molar-refractivity contribution in [1.29, 1.82) is 0 Å². The Labute approximate surface area is 140 Å². The number of hydrogen-bond donors (Lipinski definition) is 1. The molecule has 0 saturated carbocycles. The lowest BCUT2D eigenvalue weighted by Gasteiger charge is -2.08. The van der Waals surface area contributed by atoms with Crippen LogP contribution in [0.2, 0.25) is 0 Å². The second-order valence-electron chi connectivity index (χ2n) is 5.97. The van der Waals surface area contributed by atoms with Crippen molar-refractivity contribution < 1.29 is 4.74 Å². The zero-order chi connectivity index (χ0) is 16.2. The summed E-state index contributed by atoms with van der Waals surface area (Å²) in [6, 6.07) is 19.1. The lowest BCUT2D eigenvalue weighted by atomic mass is 10.1. The Balaban J connectivity index is 1.61. The number of ether oxygens (including phenoxy) is 1. The molecule has 2 aromatic carbocycles. The first-order valence-corrected chi connectivity index (χ1v) is 8.85. The van der Waals surface area contributed by atoms with Gasteiger partial charge in [-0.25, -0.2) is 0 Å². The van der Waals surface area contributed by atoms with Crippen LogP contribution in [0.15, 0.2) is 54.6 Å². The van der Waals surface area contributed by atoms with E-state index < -0.39 is 0 Å². The van der Waals surface area contributed by atoms with E-state index in [1.807, 2.05) is 0 Å². The molecule has 0 aliphatic heterocycles. The highest BCUT2D eigenvalue weighted by atomic mass is 16.5. The van der Waals surface area contributed by atoms with Crippen LogP contribution in [0.25, 0.3) is 0 Å². The predicted octanol–water partition coefficient (Wildman–Crippen LogP) is 4.98. The number of unbranched alkanes of at least 4 members (excludes halogenated alkanes) is 3. The summed E-state index contributed by atoms with van der Waals surface area (Å²) in [5.41, 5.74) is 2.68. The molecule has 0 saturated heterocycles. The highest BCUT2D eigenvalue weighted by Gasteiger charge is 1.97. The fraction of sp³-hybridized carbons (Fsp3) is 0.429. The summed E-state index contributed by atoms with van der Waals surface area (Å²) in [6.07, 6.45) is 6.05. The van der Waals surface area contributed by atoms with E-state index in [9.17, 15) is 0 Å². The maximum atomic E-state index is 5.77. The van der Waals surface area contributed by atoms with Crippen LogP contribution in [0.4, 0.5) is 0 Å². The van der Waals surface area contributed by atoms with Crippen LogP contribution in [-0.4, -0.2) is 13.2 Å². The van der Waals surface area contributed by atoms with Crippen molar-refractivity contribution in [2.75, 3.05) is 13.2 Å². The summed E-state index contributed by atoms with van der Waals surface area (Å²) in [6.45, 7) is 4.96. The van der Waals surface area contributed by atoms with Crippen molar-refractivity contribution in [3.8, 4) is 5.75 Å². The molecule has 0 radical (unpaired) electrons. The highest BCUT2D eigenvalue weighted by molar-refractivity contribution is 5.27.